The maximum atomic E-state index is 3.88. The molecule has 0 nitrogen and oxygen atoms in total. The van der Waals surface area contributed by atoms with Crippen LogP contribution in [0.3, 0.4) is 0 Å². The van der Waals surface area contributed by atoms with Crippen LogP contribution in [0.5, 0.6) is 0 Å². The van der Waals surface area contributed by atoms with E-state index in [1.807, 2.05) is 0 Å². The van der Waals surface area contributed by atoms with Gasteiger partial charge in [0.05, 0.1) is 0 Å². The minimum Gasteiger partial charge on any atom is -0.0622 e. The highest BCUT2D eigenvalue weighted by Crippen LogP contribution is 2.28. The molecular formula is C13H19. The minimum absolute atomic E-state index is 0.305. The lowest BCUT2D eigenvalue weighted by atomic mass is 9.80. The van der Waals surface area contributed by atoms with Gasteiger partial charge in [0.25, 0.3) is 0 Å². The fourth-order valence-corrected chi connectivity index (χ4v) is 1.60. The molecule has 0 saturated heterocycles. The van der Waals surface area contributed by atoms with Crippen LogP contribution < -0.4 is 0 Å². The molecule has 1 aromatic rings. The maximum absolute atomic E-state index is 3.88. The van der Waals surface area contributed by atoms with Gasteiger partial charge in [-0.15, -0.1) is 0 Å². The van der Waals surface area contributed by atoms with Crippen molar-refractivity contribution >= 4 is 0 Å². The summed E-state index contributed by atoms with van der Waals surface area (Å²) in [5.41, 5.74) is 1.74. The molecule has 0 saturated carbocycles. The van der Waals surface area contributed by atoms with Gasteiger partial charge in [0.15, 0.2) is 0 Å². The Hall–Kier alpha value is -0.780. The molecular weight excluding hydrogens is 156 g/mol. The molecule has 0 N–H and O–H groups in total. The summed E-state index contributed by atoms with van der Waals surface area (Å²) in [5, 5.41) is 0. The number of rotatable bonds is 4. The Morgan fingerprint density at radius 3 is 2.31 bits per heavy atom. The van der Waals surface area contributed by atoms with Crippen molar-refractivity contribution in [3.05, 3.63) is 42.8 Å². The largest absolute Gasteiger partial charge is 0.0622 e. The van der Waals surface area contributed by atoms with E-state index in [2.05, 4.69) is 51.1 Å². The van der Waals surface area contributed by atoms with Crippen molar-refractivity contribution in [2.75, 3.05) is 0 Å². The van der Waals surface area contributed by atoms with Crippen molar-refractivity contribution in [2.24, 2.45) is 0 Å². The molecule has 71 valence electrons. The van der Waals surface area contributed by atoms with E-state index < -0.39 is 0 Å². The molecule has 13 heavy (non-hydrogen) atoms. The van der Waals surface area contributed by atoms with Gasteiger partial charge in [-0.3, -0.25) is 0 Å². The Morgan fingerprint density at radius 2 is 1.77 bits per heavy atom. The van der Waals surface area contributed by atoms with Gasteiger partial charge in [0.1, 0.15) is 0 Å². The molecule has 1 radical (unpaired) electrons. The van der Waals surface area contributed by atoms with E-state index in [0.29, 0.717) is 5.41 Å². The van der Waals surface area contributed by atoms with Crippen LogP contribution in [0, 0.1) is 6.92 Å². The Kier molecular flexibility index (Phi) is 3.53. The number of unbranched alkanes of at least 4 members (excludes halogenated alkanes) is 1. The van der Waals surface area contributed by atoms with Gasteiger partial charge in [0.2, 0.25) is 0 Å². The van der Waals surface area contributed by atoms with Crippen LogP contribution >= 0.6 is 0 Å². The quantitative estimate of drug-likeness (QED) is 0.649. The SMILES string of the molecule is [CH2]CCCC(C)(C)c1ccccc1. The van der Waals surface area contributed by atoms with Gasteiger partial charge in [-0.25, -0.2) is 0 Å². The van der Waals surface area contributed by atoms with Crippen molar-refractivity contribution in [3.63, 3.8) is 0 Å². The third-order valence-corrected chi connectivity index (χ3v) is 2.61. The van der Waals surface area contributed by atoms with E-state index in [9.17, 15) is 0 Å². The molecule has 0 bridgehead atoms. The van der Waals surface area contributed by atoms with E-state index >= 15 is 0 Å². The molecule has 0 atom stereocenters. The van der Waals surface area contributed by atoms with E-state index in [0.717, 1.165) is 6.42 Å². The van der Waals surface area contributed by atoms with Gasteiger partial charge in [-0.05, 0) is 17.4 Å². The average molecular weight is 175 g/mol. The summed E-state index contributed by atoms with van der Waals surface area (Å²) in [6, 6.07) is 10.7. The van der Waals surface area contributed by atoms with Crippen molar-refractivity contribution in [1.82, 2.24) is 0 Å². The first-order chi connectivity index (χ1) is 6.17. The summed E-state index contributed by atoms with van der Waals surface area (Å²) in [5.74, 6) is 0. The molecule has 1 aromatic carbocycles. The monoisotopic (exact) mass is 175 g/mol. The number of hydrogen-bond acceptors (Lipinski definition) is 0. The normalized spacial score (nSPS) is 11.6. The first-order valence-corrected chi connectivity index (χ1v) is 5.01. The third kappa shape index (κ3) is 2.87. The van der Waals surface area contributed by atoms with E-state index in [-0.39, 0.29) is 0 Å². The molecule has 0 amide bonds. The van der Waals surface area contributed by atoms with Gasteiger partial charge in [-0.1, -0.05) is 63.9 Å². The summed E-state index contributed by atoms with van der Waals surface area (Å²) in [6.07, 6.45) is 3.47. The number of benzene rings is 1. The summed E-state index contributed by atoms with van der Waals surface area (Å²) in [4.78, 5) is 0. The molecule has 0 aliphatic rings. The molecule has 0 unspecified atom stereocenters. The van der Waals surface area contributed by atoms with Crippen LogP contribution in [0.4, 0.5) is 0 Å². The minimum atomic E-state index is 0.305. The van der Waals surface area contributed by atoms with Crippen LogP contribution in [0.1, 0.15) is 38.7 Å². The van der Waals surface area contributed by atoms with Crippen LogP contribution in [-0.4, -0.2) is 0 Å². The van der Waals surface area contributed by atoms with E-state index in [1.54, 1.807) is 0 Å². The summed E-state index contributed by atoms with van der Waals surface area (Å²) in [7, 11) is 0. The summed E-state index contributed by atoms with van der Waals surface area (Å²) < 4.78 is 0. The molecule has 0 spiro atoms. The van der Waals surface area contributed by atoms with Crippen molar-refractivity contribution in [2.45, 2.75) is 38.5 Å². The first kappa shape index (κ1) is 10.3. The Balaban J connectivity index is 2.69. The standard InChI is InChI=1S/C13H19/c1-4-5-11-13(2,3)12-9-7-6-8-10-12/h6-10H,1,4-5,11H2,2-3H3. The van der Waals surface area contributed by atoms with E-state index in [4.69, 9.17) is 0 Å². The zero-order valence-electron chi connectivity index (χ0n) is 8.72. The Morgan fingerprint density at radius 1 is 1.15 bits per heavy atom. The third-order valence-electron chi connectivity index (χ3n) is 2.61. The van der Waals surface area contributed by atoms with Crippen LogP contribution in [0.2, 0.25) is 0 Å². The van der Waals surface area contributed by atoms with Crippen LogP contribution in [0.15, 0.2) is 30.3 Å². The van der Waals surface area contributed by atoms with Gasteiger partial charge in [0, 0.05) is 0 Å². The van der Waals surface area contributed by atoms with Gasteiger partial charge < -0.3 is 0 Å². The first-order valence-electron chi connectivity index (χ1n) is 5.01. The number of hydrogen-bond donors (Lipinski definition) is 0. The lowest BCUT2D eigenvalue weighted by Crippen LogP contribution is -2.16. The van der Waals surface area contributed by atoms with Crippen molar-refractivity contribution in [1.29, 1.82) is 0 Å². The van der Waals surface area contributed by atoms with Crippen molar-refractivity contribution in [3.8, 4) is 0 Å². The maximum Gasteiger partial charge on any atom is -0.0104 e. The van der Waals surface area contributed by atoms with Gasteiger partial charge >= 0.3 is 0 Å². The zero-order valence-corrected chi connectivity index (χ0v) is 8.72. The smallest absolute Gasteiger partial charge is 0.0104 e. The highest BCUT2D eigenvalue weighted by atomic mass is 14.2. The zero-order chi connectivity index (χ0) is 9.73. The highest BCUT2D eigenvalue weighted by Gasteiger charge is 2.18. The second-order valence-electron chi connectivity index (χ2n) is 4.21. The predicted molar refractivity (Wildman–Crippen MR) is 58.7 cm³/mol. The predicted octanol–water partition coefficient (Wildman–Crippen LogP) is 3.97. The topological polar surface area (TPSA) is 0 Å². The van der Waals surface area contributed by atoms with Crippen molar-refractivity contribution < 1.29 is 0 Å². The van der Waals surface area contributed by atoms with Crippen LogP contribution in [-0.2, 0) is 5.41 Å². The fraction of sp³-hybridized carbons (Fsp3) is 0.462. The molecule has 0 aliphatic carbocycles. The molecule has 0 aliphatic heterocycles. The van der Waals surface area contributed by atoms with E-state index in [1.165, 1.54) is 18.4 Å². The van der Waals surface area contributed by atoms with Gasteiger partial charge in [-0.2, -0.15) is 0 Å². The molecule has 0 fully saturated rings. The Bertz CT molecular complexity index is 233. The molecule has 0 heterocycles. The average Bonchev–Trinajstić information content (AvgIpc) is 2.16. The highest BCUT2D eigenvalue weighted by molar-refractivity contribution is 5.23. The molecule has 0 heteroatoms. The lowest BCUT2D eigenvalue weighted by Gasteiger charge is -2.24. The molecule has 1 rings (SSSR count). The fourth-order valence-electron chi connectivity index (χ4n) is 1.60. The molecule has 0 aromatic heterocycles. The summed E-state index contributed by atoms with van der Waals surface area (Å²) in [6.45, 7) is 8.49. The lowest BCUT2D eigenvalue weighted by molar-refractivity contribution is 0.463. The second-order valence-corrected chi connectivity index (χ2v) is 4.21. The second kappa shape index (κ2) is 4.45. The summed E-state index contributed by atoms with van der Waals surface area (Å²) >= 11 is 0. The van der Waals surface area contributed by atoms with Crippen LogP contribution in [0.25, 0.3) is 0 Å². The Labute approximate surface area is 82.0 Å².